The number of carbonyl (C=O) groups excluding carboxylic acids is 1. The number of aromatic nitrogens is 2. The van der Waals surface area contributed by atoms with Crippen molar-refractivity contribution >= 4 is 72.9 Å². The molecule has 0 radical (unpaired) electrons. The van der Waals surface area contributed by atoms with E-state index in [-0.39, 0.29) is 25.8 Å². The Labute approximate surface area is 221 Å². The van der Waals surface area contributed by atoms with Crippen molar-refractivity contribution < 1.29 is 13.2 Å². The summed E-state index contributed by atoms with van der Waals surface area (Å²) in [6.45, 7) is 1.28. The number of hydrogen-bond acceptors (Lipinski definition) is 6. The molecule has 1 heterocycles. The Morgan fingerprint density at radius 1 is 0.943 bits per heavy atom. The average Bonchev–Trinajstić information content (AvgIpc) is 3.28. The largest absolute Gasteiger partial charge is 0.299 e. The number of nitrogens with one attached hydrogen (secondary N) is 1. The van der Waals surface area contributed by atoms with Gasteiger partial charge in [0.2, 0.25) is 11.0 Å². The molecule has 0 aliphatic rings. The number of halogens is 3. The van der Waals surface area contributed by atoms with Crippen molar-refractivity contribution in [1.82, 2.24) is 10.2 Å². The number of carbonyl (C=O) groups is 1. The lowest BCUT2D eigenvalue weighted by molar-refractivity contribution is -0.114. The maximum Gasteiger partial charge on any atom is 0.264 e. The Balaban J connectivity index is 1.62. The first-order valence-electron chi connectivity index (χ1n) is 10.1. The van der Waals surface area contributed by atoms with Crippen LogP contribution in [0.3, 0.4) is 0 Å². The summed E-state index contributed by atoms with van der Waals surface area (Å²) in [6, 6.07) is 17.7. The van der Waals surface area contributed by atoms with E-state index in [2.05, 4.69) is 15.5 Å². The van der Waals surface area contributed by atoms with Crippen LogP contribution in [-0.4, -0.2) is 31.1 Å². The first-order valence-corrected chi connectivity index (χ1v) is 13.5. The van der Waals surface area contributed by atoms with Crippen LogP contribution in [0.15, 0.2) is 71.6 Å². The van der Waals surface area contributed by atoms with Gasteiger partial charge in [-0.25, -0.2) is 8.42 Å². The average molecular weight is 568 g/mol. The quantitative estimate of drug-likeness (QED) is 0.283. The zero-order valence-electron chi connectivity index (χ0n) is 18.1. The number of aryl methyl sites for hydroxylation is 1. The van der Waals surface area contributed by atoms with Crippen molar-refractivity contribution in [1.29, 1.82) is 0 Å². The highest BCUT2D eigenvalue weighted by atomic mass is 35.5. The fourth-order valence-corrected chi connectivity index (χ4v) is 5.85. The third-order valence-electron chi connectivity index (χ3n) is 4.84. The van der Waals surface area contributed by atoms with Crippen molar-refractivity contribution in [2.75, 3.05) is 16.2 Å². The molecule has 0 saturated heterocycles. The lowest BCUT2D eigenvalue weighted by Crippen LogP contribution is -2.38. The molecular formula is C23H17Cl3N4O3S2. The SMILES string of the molecule is Cc1ccc(S(=O)(=O)N(CC(=O)Nc2nnc(-c3ccc(Cl)cc3)s2)c2cc(Cl)ccc2Cl)cc1. The normalized spacial score (nSPS) is 11.3. The van der Waals surface area contributed by atoms with E-state index < -0.39 is 22.5 Å². The van der Waals surface area contributed by atoms with Gasteiger partial charge in [-0.05, 0) is 49.4 Å². The van der Waals surface area contributed by atoms with Gasteiger partial charge in [-0.1, -0.05) is 76.0 Å². The van der Waals surface area contributed by atoms with E-state index in [0.29, 0.717) is 10.0 Å². The predicted octanol–water partition coefficient (Wildman–Crippen LogP) is 6.31. The summed E-state index contributed by atoms with van der Waals surface area (Å²) in [4.78, 5) is 13.0. The van der Waals surface area contributed by atoms with E-state index in [9.17, 15) is 13.2 Å². The zero-order valence-corrected chi connectivity index (χ0v) is 22.0. The zero-order chi connectivity index (χ0) is 25.2. The summed E-state index contributed by atoms with van der Waals surface area (Å²) in [7, 11) is -4.16. The number of benzene rings is 3. The van der Waals surface area contributed by atoms with E-state index in [1.165, 1.54) is 30.3 Å². The molecule has 1 N–H and O–H groups in total. The minimum atomic E-state index is -4.16. The maximum absolute atomic E-state index is 13.5. The van der Waals surface area contributed by atoms with E-state index in [0.717, 1.165) is 26.8 Å². The molecule has 1 aromatic heterocycles. The van der Waals surface area contributed by atoms with Crippen LogP contribution in [-0.2, 0) is 14.8 Å². The maximum atomic E-state index is 13.5. The Bertz CT molecular complexity index is 1470. The van der Waals surface area contributed by atoms with E-state index >= 15 is 0 Å². The van der Waals surface area contributed by atoms with Crippen LogP contribution in [0.25, 0.3) is 10.6 Å². The third kappa shape index (κ3) is 5.94. The lowest BCUT2D eigenvalue weighted by atomic mass is 10.2. The molecule has 0 saturated carbocycles. The van der Waals surface area contributed by atoms with Crippen LogP contribution >= 0.6 is 46.1 Å². The predicted molar refractivity (Wildman–Crippen MR) is 141 cm³/mol. The van der Waals surface area contributed by atoms with Crippen molar-refractivity contribution in [2.45, 2.75) is 11.8 Å². The molecule has 3 aromatic carbocycles. The summed E-state index contributed by atoms with van der Waals surface area (Å²) in [5.74, 6) is -0.629. The fraction of sp³-hybridized carbons (Fsp3) is 0.0870. The second kappa shape index (κ2) is 10.5. The minimum absolute atomic E-state index is 0.00730. The molecule has 1 amide bonds. The van der Waals surface area contributed by atoms with Gasteiger partial charge in [-0.15, -0.1) is 10.2 Å². The van der Waals surface area contributed by atoms with Gasteiger partial charge in [0.25, 0.3) is 10.0 Å². The van der Waals surface area contributed by atoms with Crippen LogP contribution in [0, 0.1) is 6.92 Å². The molecule has 0 aliphatic heterocycles. The van der Waals surface area contributed by atoms with Gasteiger partial charge in [0.15, 0.2) is 0 Å². The van der Waals surface area contributed by atoms with E-state index in [4.69, 9.17) is 34.8 Å². The summed E-state index contributed by atoms with van der Waals surface area (Å²) in [5.41, 5.74) is 1.75. The first-order chi connectivity index (χ1) is 16.6. The molecule has 12 heteroatoms. The monoisotopic (exact) mass is 566 g/mol. The standard InChI is InChI=1S/C23H17Cl3N4O3S2/c1-14-2-9-18(10-3-14)35(32,33)30(20-12-17(25)8-11-19(20)26)13-21(31)27-23-29-28-22(34-23)15-4-6-16(24)7-5-15/h2-12H,13H2,1H3,(H,27,29,31). The first kappa shape index (κ1) is 25.4. The van der Waals surface area contributed by atoms with E-state index in [1.54, 1.807) is 36.4 Å². The van der Waals surface area contributed by atoms with Crippen molar-refractivity contribution in [3.63, 3.8) is 0 Å². The molecule has 35 heavy (non-hydrogen) atoms. The third-order valence-corrected chi connectivity index (χ3v) is 8.30. The Kier molecular flexibility index (Phi) is 7.63. The summed E-state index contributed by atoms with van der Waals surface area (Å²) >= 11 is 19.5. The molecule has 0 aliphatic carbocycles. The number of hydrogen-bond donors (Lipinski definition) is 1. The minimum Gasteiger partial charge on any atom is -0.299 e. The van der Waals surface area contributed by atoms with Crippen molar-refractivity contribution in [3.05, 3.63) is 87.4 Å². The molecule has 0 spiro atoms. The number of amides is 1. The van der Waals surface area contributed by atoms with Gasteiger partial charge in [0, 0.05) is 15.6 Å². The Morgan fingerprint density at radius 3 is 2.29 bits per heavy atom. The highest BCUT2D eigenvalue weighted by Crippen LogP contribution is 2.33. The van der Waals surface area contributed by atoms with E-state index in [1.807, 2.05) is 6.92 Å². The van der Waals surface area contributed by atoms with Gasteiger partial charge in [-0.2, -0.15) is 0 Å². The number of anilines is 2. The second-order valence-corrected chi connectivity index (χ2v) is 11.5. The van der Waals surface area contributed by atoms with Crippen molar-refractivity contribution in [2.24, 2.45) is 0 Å². The molecule has 4 aromatic rings. The molecule has 0 atom stereocenters. The molecule has 0 bridgehead atoms. The molecule has 180 valence electrons. The van der Waals surface area contributed by atoms with Gasteiger partial charge in [0.05, 0.1) is 15.6 Å². The summed E-state index contributed by atoms with van der Waals surface area (Å²) < 4.78 is 28.0. The molecule has 0 unspecified atom stereocenters. The second-order valence-electron chi connectivity index (χ2n) is 7.39. The van der Waals surface area contributed by atoms with Gasteiger partial charge in [-0.3, -0.25) is 14.4 Å². The summed E-state index contributed by atoms with van der Waals surface area (Å²) in [6.07, 6.45) is 0. The Hall–Kier alpha value is -2.69. The lowest BCUT2D eigenvalue weighted by Gasteiger charge is -2.25. The highest BCUT2D eigenvalue weighted by Gasteiger charge is 2.29. The number of nitrogens with zero attached hydrogens (tertiary/aromatic N) is 3. The van der Waals surface area contributed by atoms with Crippen molar-refractivity contribution in [3.8, 4) is 10.6 Å². The molecule has 7 nitrogen and oxygen atoms in total. The molecule has 0 fully saturated rings. The van der Waals surface area contributed by atoms with Crippen LogP contribution in [0.1, 0.15) is 5.56 Å². The summed E-state index contributed by atoms with van der Waals surface area (Å²) in [5, 5.41) is 12.4. The number of rotatable bonds is 7. The number of sulfonamides is 1. The van der Waals surface area contributed by atoms with Crippen LogP contribution in [0.4, 0.5) is 10.8 Å². The van der Waals surface area contributed by atoms with Crippen LogP contribution < -0.4 is 9.62 Å². The van der Waals surface area contributed by atoms with Gasteiger partial charge < -0.3 is 0 Å². The van der Waals surface area contributed by atoms with Gasteiger partial charge >= 0.3 is 0 Å². The smallest absolute Gasteiger partial charge is 0.264 e. The van der Waals surface area contributed by atoms with Crippen LogP contribution in [0.2, 0.25) is 15.1 Å². The topological polar surface area (TPSA) is 92.3 Å². The molecular weight excluding hydrogens is 551 g/mol. The Morgan fingerprint density at radius 2 is 1.60 bits per heavy atom. The van der Waals surface area contributed by atoms with Crippen LogP contribution in [0.5, 0.6) is 0 Å². The highest BCUT2D eigenvalue weighted by molar-refractivity contribution is 7.92. The fourth-order valence-electron chi connectivity index (χ4n) is 3.09. The van der Waals surface area contributed by atoms with Gasteiger partial charge in [0.1, 0.15) is 11.6 Å². The molecule has 4 rings (SSSR count).